The number of likely N-dealkylation sites (tertiary alicyclic amines) is 2. The summed E-state index contributed by atoms with van der Waals surface area (Å²) in [5.74, 6) is 1.57. The van der Waals surface area contributed by atoms with Crippen LogP contribution in [0, 0.1) is 5.92 Å². The van der Waals surface area contributed by atoms with Crippen molar-refractivity contribution in [3.05, 3.63) is 18.2 Å². The molecule has 0 bridgehead atoms. The van der Waals surface area contributed by atoms with Crippen molar-refractivity contribution in [1.29, 1.82) is 0 Å². The van der Waals surface area contributed by atoms with E-state index in [0.717, 1.165) is 44.6 Å². The van der Waals surface area contributed by atoms with Gasteiger partial charge in [-0.2, -0.15) is 0 Å². The van der Waals surface area contributed by atoms with Gasteiger partial charge in [-0.05, 0) is 25.7 Å². The number of hydrogen-bond donors (Lipinski definition) is 0. The zero-order chi connectivity index (χ0) is 18.4. The summed E-state index contributed by atoms with van der Waals surface area (Å²) in [5, 5.41) is 0. The topological polar surface area (TPSA) is 67.7 Å². The number of imidazole rings is 1. The second-order valence-corrected chi connectivity index (χ2v) is 8.49. The summed E-state index contributed by atoms with van der Waals surface area (Å²) in [4.78, 5) is 34.1. The van der Waals surface area contributed by atoms with Gasteiger partial charge in [0.2, 0.25) is 5.91 Å². The van der Waals surface area contributed by atoms with Crippen LogP contribution in [0.4, 0.5) is 0 Å². The number of piperidine rings is 1. The quantitative estimate of drug-likeness (QED) is 0.789. The fraction of sp³-hybridized carbons (Fsp3) is 0.750. The van der Waals surface area contributed by atoms with Crippen molar-refractivity contribution in [1.82, 2.24) is 19.4 Å². The molecule has 1 saturated carbocycles. The van der Waals surface area contributed by atoms with Crippen molar-refractivity contribution in [2.24, 2.45) is 5.92 Å². The summed E-state index contributed by atoms with van der Waals surface area (Å²) in [7, 11) is 0. The highest BCUT2D eigenvalue weighted by Crippen LogP contribution is 2.41. The van der Waals surface area contributed by atoms with Crippen LogP contribution in [-0.2, 0) is 26.5 Å². The van der Waals surface area contributed by atoms with Gasteiger partial charge in [0, 0.05) is 57.3 Å². The number of amides is 2. The third kappa shape index (κ3) is 2.87. The third-order valence-electron chi connectivity index (χ3n) is 6.88. The number of nitrogens with zero attached hydrogens (tertiary/aromatic N) is 4. The van der Waals surface area contributed by atoms with Gasteiger partial charge in [-0.25, -0.2) is 4.98 Å². The van der Waals surface area contributed by atoms with Gasteiger partial charge in [0.05, 0.1) is 6.54 Å². The zero-order valence-electron chi connectivity index (χ0n) is 15.8. The average molecular weight is 372 g/mol. The van der Waals surface area contributed by atoms with E-state index in [1.165, 1.54) is 6.42 Å². The predicted octanol–water partition coefficient (Wildman–Crippen LogP) is 1.52. The van der Waals surface area contributed by atoms with E-state index in [1.807, 2.05) is 16.0 Å². The first-order chi connectivity index (χ1) is 13.2. The molecule has 0 radical (unpaired) electrons. The standard InChI is InChI=1S/C20H28N4O3/c25-17(15-4-3-5-15)23-11-6-20(7-12-23)19-21-8-13-24(19)14-16(27-20)18(26)22-9-1-2-10-22/h8,13,15-16H,1-7,9-12,14H2/t16-/m0/s1. The van der Waals surface area contributed by atoms with Gasteiger partial charge in [-0.15, -0.1) is 0 Å². The van der Waals surface area contributed by atoms with Crippen LogP contribution in [0.3, 0.4) is 0 Å². The van der Waals surface area contributed by atoms with Crippen molar-refractivity contribution in [3.8, 4) is 0 Å². The molecule has 3 aliphatic heterocycles. The Balaban J connectivity index is 1.34. The number of rotatable bonds is 2. The molecule has 146 valence electrons. The molecule has 0 aromatic carbocycles. The molecule has 7 nitrogen and oxygen atoms in total. The first kappa shape index (κ1) is 17.2. The van der Waals surface area contributed by atoms with Gasteiger partial charge in [0.25, 0.3) is 5.91 Å². The first-order valence-corrected chi connectivity index (χ1v) is 10.4. The normalized spacial score (nSPS) is 27.5. The number of aromatic nitrogens is 2. The highest BCUT2D eigenvalue weighted by molar-refractivity contribution is 5.81. The lowest BCUT2D eigenvalue weighted by molar-refractivity contribution is -0.183. The second kappa shape index (κ2) is 6.62. The van der Waals surface area contributed by atoms with E-state index in [1.54, 1.807) is 6.20 Å². The lowest BCUT2D eigenvalue weighted by Crippen LogP contribution is -2.55. The predicted molar refractivity (Wildman–Crippen MR) is 97.7 cm³/mol. The Morgan fingerprint density at radius 3 is 2.37 bits per heavy atom. The molecule has 0 N–H and O–H groups in total. The molecule has 1 atom stereocenters. The first-order valence-electron chi connectivity index (χ1n) is 10.4. The second-order valence-electron chi connectivity index (χ2n) is 8.49. The molecule has 1 aromatic rings. The lowest BCUT2D eigenvalue weighted by Gasteiger charge is -2.46. The van der Waals surface area contributed by atoms with Gasteiger partial charge in [-0.3, -0.25) is 9.59 Å². The Labute approximate surface area is 159 Å². The largest absolute Gasteiger partial charge is 0.352 e. The summed E-state index contributed by atoms with van der Waals surface area (Å²) in [6.45, 7) is 3.59. The molecular weight excluding hydrogens is 344 g/mol. The van der Waals surface area contributed by atoms with Gasteiger partial charge in [-0.1, -0.05) is 6.42 Å². The minimum atomic E-state index is -0.543. The van der Waals surface area contributed by atoms with E-state index >= 15 is 0 Å². The van der Waals surface area contributed by atoms with E-state index in [2.05, 4.69) is 9.55 Å². The summed E-state index contributed by atoms with van der Waals surface area (Å²) in [6, 6.07) is 0. The molecule has 1 spiro atoms. The number of ether oxygens (including phenoxy) is 1. The molecular formula is C20H28N4O3. The summed E-state index contributed by atoms with van der Waals surface area (Å²) < 4.78 is 8.58. The maximum Gasteiger partial charge on any atom is 0.253 e. The number of carbonyl (C=O) groups excluding carboxylic acids is 2. The smallest absolute Gasteiger partial charge is 0.253 e. The van der Waals surface area contributed by atoms with Crippen LogP contribution in [0.2, 0.25) is 0 Å². The molecule has 1 aromatic heterocycles. The van der Waals surface area contributed by atoms with E-state index < -0.39 is 11.7 Å². The maximum atomic E-state index is 13.0. The van der Waals surface area contributed by atoms with Crippen LogP contribution in [-0.4, -0.2) is 63.4 Å². The van der Waals surface area contributed by atoms with Crippen LogP contribution in [0.1, 0.15) is 50.8 Å². The van der Waals surface area contributed by atoms with Crippen molar-refractivity contribution >= 4 is 11.8 Å². The van der Waals surface area contributed by atoms with Crippen LogP contribution in [0.5, 0.6) is 0 Å². The highest BCUT2D eigenvalue weighted by Gasteiger charge is 2.48. The molecule has 4 heterocycles. The van der Waals surface area contributed by atoms with E-state index in [9.17, 15) is 9.59 Å². The molecule has 1 aliphatic carbocycles. The van der Waals surface area contributed by atoms with Crippen molar-refractivity contribution < 1.29 is 14.3 Å². The maximum absolute atomic E-state index is 13.0. The zero-order valence-corrected chi connectivity index (χ0v) is 15.8. The van der Waals surface area contributed by atoms with Gasteiger partial charge >= 0.3 is 0 Å². The molecule has 4 aliphatic rings. The number of fused-ring (bicyclic) bond motifs is 2. The molecule has 7 heteroatoms. The van der Waals surface area contributed by atoms with Crippen molar-refractivity contribution in [2.45, 2.75) is 63.2 Å². The van der Waals surface area contributed by atoms with E-state index in [0.29, 0.717) is 38.4 Å². The molecule has 5 rings (SSSR count). The van der Waals surface area contributed by atoms with Crippen molar-refractivity contribution in [3.63, 3.8) is 0 Å². The molecule has 27 heavy (non-hydrogen) atoms. The van der Waals surface area contributed by atoms with Crippen LogP contribution in [0.15, 0.2) is 12.4 Å². The Bertz CT molecular complexity index is 727. The Morgan fingerprint density at radius 2 is 1.70 bits per heavy atom. The van der Waals surface area contributed by atoms with Crippen molar-refractivity contribution in [2.75, 3.05) is 26.2 Å². The van der Waals surface area contributed by atoms with Crippen LogP contribution >= 0.6 is 0 Å². The fourth-order valence-corrected chi connectivity index (χ4v) is 5.01. The van der Waals surface area contributed by atoms with E-state index in [4.69, 9.17) is 4.74 Å². The van der Waals surface area contributed by atoms with Crippen LogP contribution < -0.4 is 0 Å². The SMILES string of the molecule is O=C(C1CCC1)N1CCC2(CC1)O[C@H](C(=O)N1CCCC1)Cn1ccnc12. The average Bonchev–Trinajstić information content (AvgIpc) is 3.32. The molecule has 2 amide bonds. The monoisotopic (exact) mass is 372 g/mol. The Morgan fingerprint density at radius 1 is 1.00 bits per heavy atom. The fourth-order valence-electron chi connectivity index (χ4n) is 5.01. The van der Waals surface area contributed by atoms with E-state index in [-0.39, 0.29) is 11.8 Å². The summed E-state index contributed by atoms with van der Waals surface area (Å²) >= 11 is 0. The minimum Gasteiger partial charge on any atom is -0.352 e. The molecule has 3 fully saturated rings. The summed E-state index contributed by atoms with van der Waals surface area (Å²) in [6.07, 6.45) is 10.1. The third-order valence-corrected chi connectivity index (χ3v) is 6.88. The number of hydrogen-bond acceptors (Lipinski definition) is 4. The lowest BCUT2D eigenvalue weighted by atomic mass is 9.82. The Hall–Kier alpha value is -1.89. The molecule has 0 unspecified atom stereocenters. The minimum absolute atomic E-state index is 0.110. The van der Waals surface area contributed by atoms with Gasteiger partial charge in [0.15, 0.2) is 6.10 Å². The number of carbonyl (C=O) groups is 2. The van der Waals surface area contributed by atoms with Gasteiger partial charge in [0.1, 0.15) is 11.4 Å². The summed E-state index contributed by atoms with van der Waals surface area (Å²) in [5.41, 5.74) is -0.543. The molecule has 2 saturated heterocycles. The Kier molecular flexibility index (Phi) is 4.22. The highest BCUT2D eigenvalue weighted by atomic mass is 16.5. The van der Waals surface area contributed by atoms with Crippen LogP contribution in [0.25, 0.3) is 0 Å². The van der Waals surface area contributed by atoms with Gasteiger partial charge < -0.3 is 19.1 Å².